The van der Waals surface area contributed by atoms with Crippen LogP contribution in [0.3, 0.4) is 0 Å². The van der Waals surface area contributed by atoms with E-state index in [9.17, 15) is 34.5 Å². The molecule has 0 aromatic heterocycles. The second kappa shape index (κ2) is 7.17. The molecule has 0 amide bonds. The van der Waals surface area contributed by atoms with Crippen molar-refractivity contribution in [2.24, 2.45) is 11.3 Å². The molecule has 3 fully saturated rings. The first-order chi connectivity index (χ1) is 15.5. The Morgan fingerprint density at radius 3 is 2.61 bits per heavy atom. The fourth-order valence-corrected chi connectivity index (χ4v) is 6.17. The largest absolute Gasteiger partial charge is 0.507 e. The van der Waals surface area contributed by atoms with E-state index in [4.69, 9.17) is 14.2 Å². The Bertz CT molecular complexity index is 1080. The predicted molar refractivity (Wildman–Crippen MR) is 107 cm³/mol. The zero-order chi connectivity index (χ0) is 23.9. The Morgan fingerprint density at radius 1 is 1.18 bits per heavy atom. The van der Waals surface area contributed by atoms with Gasteiger partial charge in [-0.2, -0.15) is 0 Å². The first-order valence-electron chi connectivity index (χ1n) is 10.8. The number of hydrogen-bond acceptors (Lipinski definition) is 10. The number of esters is 1. The van der Waals surface area contributed by atoms with E-state index < -0.39 is 83.1 Å². The lowest BCUT2D eigenvalue weighted by atomic mass is 9.52. The van der Waals surface area contributed by atoms with E-state index in [0.717, 1.165) is 0 Å². The van der Waals surface area contributed by atoms with Crippen molar-refractivity contribution in [3.63, 3.8) is 0 Å². The van der Waals surface area contributed by atoms with Gasteiger partial charge in [-0.15, -0.1) is 0 Å². The highest BCUT2D eigenvalue weighted by Gasteiger charge is 2.76. The summed E-state index contributed by atoms with van der Waals surface area (Å²) in [5.41, 5.74) is -2.35. The van der Waals surface area contributed by atoms with E-state index in [0.29, 0.717) is 0 Å². The van der Waals surface area contributed by atoms with Crippen LogP contribution in [0.2, 0.25) is 0 Å². The summed E-state index contributed by atoms with van der Waals surface area (Å²) in [6.45, 7) is 2.85. The maximum Gasteiger partial charge on any atom is 0.308 e. The van der Waals surface area contributed by atoms with Gasteiger partial charge < -0.3 is 29.5 Å². The van der Waals surface area contributed by atoms with Gasteiger partial charge in [-0.1, -0.05) is 12.1 Å². The SMILES string of the molecule is CC(=O)C[C@@]12C(=O)c3cccc(O)c3C(=O)[C@H]1[C@@]1(O[C@H](C)C[C@H](O)[C@H]1O)O[C@H]1CC(=O)O[C@H]12. The van der Waals surface area contributed by atoms with Crippen molar-refractivity contribution in [3.8, 4) is 5.75 Å². The minimum Gasteiger partial charge on any atom is -0.507 e. The van der Waals surface area contributed by atoms with Crippen molar-refractivity contribution < 1.29 is 48.7 Å². The molecule has 4 aliphatic rings. The Kier molecular flexibility index (Phi) is 4.81. The first-order valence-corrected chi connectivity index (χ1v) is 10.8. The van der Waals surface area contributed by atoms with Crippen LogP contribution in [0, 0.1) is 11.3 Å². The number of Topliss-reactive ketones (excluding diaryl/α,β-unsaturated/α-hetero) is 3. The van der Waals surface area contributed by atoms with E-state index in [2.05, 4.69) is 0 Å². The standard InChI is InChI=1S/C23H24O10/c1-9(24)8-22-18(17(28)16-11(19(22)29)4-3-5-12(16)25)23(20(30)13(26)6-10(2)32-23)33-14-7-15(27)31-21(14)22/h3-5,10,13-14,18,20-21,25-26,30H,6-8H2,1-2H3/t10-,13+,14+,18-,20-,21-,22+,23-/m1/s1. The lowest BCUT2D eigenvalue weighted by Gasteiger charge is -2.60. The van der Waals surface area contributed by atoms with E-state index >= 15 is 0 Å². The molecule has 3 N–H and O–H groups in total. The zero-order valence-corrected chi connectivity index (χ0v) is 18.0. The average molecular weight is 460 g/mol. The van der Waals surface area contributed by atoms with Crippen LogP contribution >= 0.6 is 0 Å². The van der Waals surface area contributed by atoms with Crippen molar-refractivity contribution in [1.82, 2.24) is 0 Å². The van der Waals surface area contributed by atoms with E-state index in [-0.39, 0.29) is 24.0 Å². The highest BCUT2D eigenvalue weighted by molar-refractivity contribution is 6.20. The molecular formula is C23H24O10. The zero-order valence-electron chi connectivity index (χ0n) is 18.0. The summed E-state index contributed by atoms with van der Waals surface area (Å²) >= 11 is 0. The number of carbonyl (C=O) groups excluding carboxylic acids is 4. The summed E-state index contributed by atoms with van der Waals surface area (Å²) in [6, 6.07) is 4.00. The monoisotopic (exact) mass is 460 g/mol. The van der Waals surface area contributed by atoms with Crippen molar-refractivity contribution in [1.29, 1.82) is 0 Å². The number of ketones is 3. The quantitative estimate of drug-likeness (QED) is 0.524. The van der Waals surface area contributed by atoms with Gasteiger partial charge in [0.1, 0.15) is 29.8 Å². The molecule has 0 bridgehead atoms. The molecule has 1 aromatic carbocycles. The molecule has 8 atom stereocenters. The maximum atomic E-state index is 14.1. The average Bonchev–Trinajstić information content (AvgIpc) is 3.10. The Labute approximate surface area is 188 Å². The molecule has 3 heterocycles. The molecule has 5 rings (SSSR count). The lowest BCUT2D eigenvalue weighted by Crippen LogP contribution is -2.76. The minimum atomic E-state index is -2.24. The third-order valence-corrected chi connectivity index (χ3v) is 7.22. The molecule has 1 aliphatic carbocycles. The van der Waals surface area contributed by atoms with Crippen molar-refractivity contribution >= 4 is 23.3 Å². The maximum absolute atomic E-state index is 14.1. The van der Waals surface area contributed by atoms with Gasteiger partial charge in [0.2, 0.25) is 5.79 Å². The van der Waals surface area contributed by atoms with Crippen LogP contribution in [0.4, 0.5) is 0 Å². The highest BCUT2D eigenvalue weighted by Crippen LogP contribution is 2.61. The summed E-state index contributed by atoms with van der Waals surface area (Å²) in [4.78, 5) is 52.9. The number of benzene rings is 1. The van der Waals surface area contributed by atoms with Gasteiger partial charge in [-0.25, -0.2) is 0 Å². The van der Waals surface area contributed by atoms with Crippen LogP contribution in [-0.2, 0) is 23.8 Å². The van der Waals surface area contributed by atoms with E-state index in [1.807, 2.05) is 0 Å². The van der Waals surface area contributed by atoms with Crippen LogP contribution in [0.5, 0.6) is 5.75 Å². The van der Waals surface area contributed by atoms with Gasteiger partial charge >= 0.3 is 5.97 Å². The van der Waals surface area contributed by atoms with Crippen LogP contribution in [0.15, 0.2) is 18.2 Å². The molecule has 33 heavy (non-hydrogen) atoms. The Balaban J connectivity index is 1.84. The van der Waals surface area contributed by atoms with Crippen molar-refractivity contribution in [2.75, 3.05) is 0 Å². The van der Waals surface area contributed by atoms with E-state index in [1.54, 1.807) is 6.92 Å². The fraction of sp³-hybridized carbons (Fsp3) is 0.565. The molecule has 10 heteroatoms. The van der Waals surface area contributed by atoms with Crippen LogP contribution in [0.1, 0.15) is 53.8 Å². The summed E-state index contributed by atoms with van der Waals surface area (Å²) < 4.78 is 17.6. The number of fused-ring (bicyclic) bond motifs is 5. The summed E-state index contributed by atoms with van der Waals surface area (Å²) in [5.74, 6) is -7.00. The summed E-state index contributed by atoms with van der Waals surface area (Å²) in [7, 11) is 0. The molecule has 10 nitrogen and oxygen atoms in total. The van der Waals surface area contributed by atoms with Crippen LogP contribution < -0.4 is 0 Å². The second-order valence-electron chi connectivity index (χ2n) is 9.41. The van der Waals surface area contributed by atoms with Gasteiger partial charge in [-0.05, 0) is 19.9 Å². The minimum absolute atomic E-state index is 0.0339. The van der Waals surface area contributed by atoms with Crippen molar-refractivity contribution in [3.05, 3.63) is 29.3 Å². The predicted octanol–water partition coefficient (Wildman–Crippen LogP) is 0.294. The Hall–Kier alpha value is -2.66. The highest BCUT2D eigenvalue weighted by atomic mass is 16.7. The van der Waals surface area contributed by atoms with Gasteiger partial charge in [0.05, 0.1) is 35.5 Å². The molecule has 1 aromatic rings. The number of hydrogen-bond donors (Lipinski definition) is 3. The smallest absolute Gasteiger partial charge is 0.308 e. The number of phenolic OH excluding ortho intramolecular Hbond substituents is 1. The second-order valence-corrected chi connectivity index (χ2v) is 9.41. The number of phenols is 1. The molecule has 0 saturated carbocycles. The first kappa shape index (κ1) is 22.1. The number of aromatic hydroxyl groups is 1. The van der Waals surface area contributed by atoms with Crippen LogP contribution in [-0.4, -0.2) is 74.9 Å². The lowest BCUT2D eigenvalue weighted by molar-refractivity contribution is -0.398. The van der Waals surface area contributed by atoms with Gasteiger partial charge in [0, 0.05) is 18.4 Å². The molecule has 0 unspecified atom stereocenters. The van der Waals surface area contributed by atoms with Gasteiger partial charge in [0.25, 0.3) is 0 Å². The number of aliphatic hydroxyl groups excluding tert-OH is 2. The van der Waals surface area contributed by atoms with Gasteiger partial charge in [0.15, 0.2) is 11.6 Å². The number of ether oxygens (including phenoxy) is 3. The topological polar surface area (TPSA) is 157 Å². The number of aliphatic hydroxyl groups is 2. The third-order valence-electron chi connectivity index (χ3n) is 7.22. The number of carbonyl (C=O) groups is 4. The van der Waals surface area contributed by atoms with Crippen molar-refractivity contribution in [2.45, 2.75) is 69.4 Å². The molecule has 176 valence electrons. The molecule has 1 spiro atoms. The molecule has 3 aliphatic heterocycles. The summed E-state index contributed by atoms with van der Waals surface area (Å²) in [5, 5.41) is 32.2. The Morgan fingerprint density at radius 2 is 1.91 bits per heavy atom. The molecular weight excluding hydrogens is 436 g/mol. The molecule has 0 radical (unpaired) electrons. The van der Waals surface area contributed by atoms with Crippen LogP contribution in [0.25, 0.3) is 0 Å². The number of rotatable bonds is 2. The van der Waals surface area contributed by atoms with Gasteiger partial charge in [-0.3, -0.25) is 19.2 Å². The molecule has 3 saturated heterocycles. The summed E-state index contributed by atoms with van der Waals surface area (Å²) in [6.07, 6.45) is -6.96. The fourth-order valence-electron chi connectivity index (χ4n) is 6.17. The normalized spacial score (nSPS) is 41.9. The third kappa shape index (κ3) is 2.81. The van der Waals surface area contributed by atoms with E-state index in [1.165, 1.54) is 25.1 Å².